The van der Waals surface area contributed by atoms with Crippen molar-refractivity contribution in [2.24, 2.45) is 11.7 Å². The van der Waals surface area contributed by atoms with E-state index < -0.39 is 21.5 Å². The average Bonchev–Trinajstić information content (AvgIpc) is 1.99. The maximum absolute atomic E-state index is 11.5. The van der Waals surface area contributed by atoms with E-state index in [2.05, 4.69) is 5.32 Å². The maximum Gasteiger partial charge on any atom is 0.235 e. The molecule has 0 saturated heterocycles. The van der Waals surface area contributed by atoms with E-state index in [1.54, 1.807) is 20.8 Å². The Labute approximate surface area is 91.3 Å². The standard InChI is InChI=1S/C9H20N2O3S/c1-7(2)11-9(12)6-15(13,14)5-8(3)4-10/h7-8H,4-6,10H2,1-3H3,(H,11,12). The second-order valence-corrected chi connectivity index (χ2v) is 6.23. The van der Waals surface area contributed by atoms with Crippen molar-refractivity contribution in [2.45, 2.75) is 26.8 Å². The fraction of sp³-hybridized carbons (Fsp3) is 0.889. The minimum atomic E-state index is -3.33. The third-order valence-electron chi connectivity index (χ3n) is 1.74. The minimum Gasteiger partial charge on any atom is -0.353 e. The molecule has 15 heavy (non-hydrogen) atoms. The summed E-state index contributed by atoms with van der Waals surface area (Å²) in [5.41, 5.74) is 5.33. The van der Waals surface area contributed by atoms with Crippen molar-refractivity contribution in [1.82, 2.24) is 5.32 Å². The molecule has 1 atom stereocenters. The van der Waals surface area contributed by atoms with Crippen molar-refractivity contribution in [1.29, 1.82) is 0 Å². The van der Waals surface area contributed by atoms with Gasteiger partial charge in [0, 0.05) is 6.04 Å². The van der Waals surface area contributed by atoms with Crippen molar-refractivity contribution in [3.63, 3.8) is 0 Å². The Hall–Kier alpha value is -0.620. The van der Waals surface area contributed by atoms with Crippen LogP contribution in [-0.2, 0) is 14.6 Å². The third-order valence-corrected chi connectivity index (χ3v) is 3.52. The van der Waals surface area contributed by atoms with E-state index in [9.17, 15) is 13.2 Å². The summed E-state index contributed by atoms with van der Waals surface area (Å²) in [5.74, 6) is -1.04. The third kappa shape index (κ3) is 7.33. The molecule has 0 aromatic rings. The molecule has 6 heteroatoms. The molecule has 0 fully saturated rings. The Morgan fingerprint density at radius 1 is 1.33 bits per heavy atom. The molecular weight excluding hydrogens is 216 g/mol. The summed E-state index contributed by atoms with van der Waals surface area (Å²) >= 11 is 0. The number of sulfone groups is 1. The van der Waals surface area contributed by atoms with E-state index in [1.807, 2.05) is 0 Å². The zero-order chi connectivity index (χ0) is 12.1. The number of hydrogen-bond donors (Lipinski definition) is 2. The molecule has 0 radical (unpaired) electrons. The summed E-state index contributed by atoms with van der Waals surface area (Å²) in [6.45, 7) is 5.63. The van der Waals surface area contributed by atoms with Crippen LogP contribution >= 0.6 is 0 Å². The van der Waals surface area contributed by atoms with Crippen LogP contribution in [0.5, 0.6) is 0 Å². The lowest BCUT2D eigenvalue weighted by molar-refractivity contribution is -0.119. The lowest BCUT2D eigenvalue weighted by Gasteiger charge is -2.11. The Balaban J connectivity index is 4.20. The second kappa shape index (κ2) is 6.07. The smallest absolute Gasteiger partial charge is 0.235 e. The van der Waals surface area contributed by atoms with Gasteiger partial charge in [0.2, 0.25) is 5.91 Å². The van der Waals surface area contributed by atoms with Gasteiger partial charge in [-0.15, -0.1) is 0 Å². The predicted molar refractivity (Wildman–Crippen MR) is 60.2 cm³/mol. The van der Waals surface area contributed by atoms with Crippen LogP contribution in [0, 0.1) is 5.92 Å². The van der Waals surface area contributed by atoms with Crippen LogP contribution in [0.25, 0.3) is 0 Å². The average molecular weight is 236 g/mol. The minimum absolute atomic E-state index is 0.0327. The van der Waals surface area contributed by atoms with Gasteiger partial charge in [-0.3, -0.25) is 4.79 Å². The second-order valence-electron chi connectivity index (χ2n) is 4.12. The van der Waals surface area contributed by atoms with Gasteiger partial charge in [0.1, 0.15) is 5.75 Å². The fourth-order valence-corrected chi connectivity index (χ4v) is 2.73. The van der Waals surface area contributed by atoms with Crippen molar-refractivity contribution in [3.05, 3.63) is 0 Å². The molecule has 3 N–H and O–H groups in total. The quantitative estimate of drug-likeness (QED) is 0.652. The van der Waals surface area contributed by atoms with E-state index in [4.69, 9.17) is 5.73 Å². The fourth-order valence-electron chi connectivity index (χ4n) is 1.12. The molecule has 0 aromatic heterocycles. The first-order valence-corrected chi connectivity index (χ1v) is 6.79. The molecule has 0 aromatic carbocycles. The number of carbonyl (C=O) groups is 1. The van der Waals surface area contributed by atoms with Crippen LogP contribution in [0.4, 0.5) is 0 Å². The molecule has 0 aliphatic heterocycles. The summed E-state index contributed by atoms with van der Waals surface area (Å²) in [6.07, 6.45) is 0. The van der Waals surface area contributed by atoms with Gasteiger partial charge in [-0.2, -0.15) is 0 Å². The number of nitrogens with one attached hydrogen (secondary N) is 1. The van der Waals surface area contributed by atoms with Gasteiger partial charge in [0.15, 0.2) is 9.84 Å². The molecule has 1 amide bonds. The van der Waals surface area contributed by atoms with Crippen LogP contribution in [0.1, 0.15) is 20.8 Å². The molecule has 0 heterocycles. The number of nitrogens with two attached hydrogens (primary N) is 1. The summed E-state index contributed by atoms with van der Waals surface area (Å²) in [4.78, 5) is 11.2. The van der Waals surface area contributed by atoms with Gasteiger partial charge < -0.3 is 11.1 Å². The first-order chi connectivity index (χ1) is 6.76. The highest BCUT2D eigenvalue weighted by atomic mass is 32.2. The number of amides is 1. The van der Waals surface area contributed by atoms with Crippen LogP contribution in [-0.4, -0.2) is 38.4 Å². The zero-order valence-electron chi connectivity index (χ0n) is 9.49. The lowest BCUT2D eigenvalue weighted by Crippen LogP contribution is -2.36. The molecule has 0 spiro atoms. The van der Waals surface area contributed by atoms with Crippen molar-refractivity contribution in [3.8, 4) is 0 Å². The Morgan fingerprint density at radius 2 is 1.87 bits per heavy atom. The summed E-state index contributed by atoms with van der Waals surface area (Å²) < 4.78 is 23.0. The Kier molecular flexibility index (Phi) is 5.82. The van der Waals surface area contributed by atoms with Gasteiger partial charge in [-0.05, 0) is 26.3 Å². The van der Waals surface area contributed by atoms with E-state index in [-0.39, 0.29) is 17.7 Å². The van der Waals surface area contributed by atoms with E-state index >= 15 is 0 Å². The molecule has 0 bridgehead atoms. The highest BCUT2D eigenvalue weighted by molar-refractivity contribution is 7.92. The largest absolute Gasteiger partial charge is 0.353 e. The van der Waals surface area contributed by atoms with E-state index in [1.165, 1.54) is 0 Å². The molecule has 0 rings (SSSR count). The SMILES string of the molecule is CC(CN)CS(=O)(=O)CC(=O)NC(C)C. The lowest BCUT2D eigenvalue weighted by atomic mass is 10.2. The molecular formula is C9H20N2O3S. The van der Waals surface area contributed by atoms with E-state index in [0.717, 1.165) is 0 Å². The summed E-state index contributed by atoms with van der Waals surface area (Å²) in [7, 11) is -3.33. The highest BCUT2D eigenvalue weighted by Crippen LogP contribution is 2.00. The topological polar surface area (TPSA) is 89.3 Å². The van der Waals surface area contributed by atoms with Gasteiger partial charge in [0.05, 0.1) is 5.75 Å². The Morgan fingerprint density at radius 3 is 2.27 bits per heavy atom. The van der Waals surface area contributed by atoms with Crippen LogP contribution < -0.4 is 11.1 Å². The first kappa shape index (κ1) is 14.4. The highest BCUT2D eigenvalue weighted by Gasteiger charge is 2.19. The predicted octanol–water partition coefficient (Wildman–Crippen LogP) is -0.479. The van der Waals surface area contributed by atoms with Gasteiger partial charge >= 0.3 is 0 Å². The molecule has 0 saturated carbocycles. The number of carbonyl (C=O) groups excluding carboxylic acids is 1. The molecule has 0 aliphatic rings. The zero-order valence-corrected chi connectivity index (χ0v) is 10.3. The van der Waals surface area contributed by atoms with Crippen molar-refractivity contribution < 1.29 is 13.2 Å². The van der Waals surface area contributed by atoms with Crippen molar-refractivity contribution >= 4 is 15.7 Å². The molecule has 90 valence electrons. The number of rotatable bonds is 6. The number of hydrogen-bond acceptors (Lipinski definition) is 4. The van der Waals surface area contributed by atoms with Crippen LogP contribution in [0.3, 0.4) is 0 Å². The van der Waals surface area contributed by atoms with Crippen LogP contribution in [0.2, 0.25) is 0 Å². The molecule has 1 unspecified atom stereocenters. The Bertz CT molecular complexity index is 298. The van der Waals surface area contributed by atoms with Crippen molar-refractivity contribution in [2.75, 3.05) is 18.1 Å². The maximum atomic E-state index is 11.5. The summed E-state index contributed by atoms with van der Waals surface area (Å²) in [6, 6.07) is -0.0420. The molecule has 5 nitrogen and oxygen atoms in total. The van der Waals surface area contributed by atoms with Gasteiger partial charge in [-0.1, -0.05) is 6.92 Å². The van der Waals surface area contributed by atoms with Gasteiger partial charge in [0.25, 0.3) is 0 Å². The van der Waals surface area contributed by atoms with Crippen LogP contribution in [0.15, 0.2) is 0 Å². The normalized spacial score (nSPS) is 13.9. The van der Waals surface area contributed by atoms with E-state index in [0.29, 0.717) is 6.54 Å². The summed E-state index contributed by atoms with van der Waals surface area (Å²) in [5, 5.41) is 2.54. The monoisotopic (exact) mass is 236 g/mol. The van der Waals surface area contributed by atoms with Gasteiger partial charge in [-0.25, -0.2) is 8.42 Å². The molecule has 0 aliphatic carbocycles. The first-order valence-electron chi connectivity index (χ1n) is 4.96.